The normalized spacial score (nSPS) is 20.6. The number of ether oxygens (including phenoxy) is 1. The largest absolute Gasteiger partial charge is 0.488 e. The van der Waals surface area contributed by atoms with E-state index in [-0.39, 0.29) is 18.0 Å². The van der Waals surface area contributed by atoms with Crippen LogP contribution < -0.4 is 14.4 Å². The van der Waals surface area contributed by atoms with Gasteiger partial charge in [-0.2, -0.15) is 0 Å². The minimum absolute atomic E-state index is 0. The second-order valence-electron chi connectivity index (χ2n) is 9.34. The molecule has 0 amide bonds. The van der Waals surface area contributed by atoms with E-state index in [0.717, 1.165) is 57.0 Å². The number of hydrogen-bond acceptors (Lipinski definition) is 5. The second kappa shape index (κ2) is 9.89. The number of nitrogens with zero attached hydrogens (tertiary/aromatic N) is 2. The number of nitrogens with one attached hydrogen (secondary N) is 1. The first-order valence-corrected chi connectivity index (χ1v) is 12.9. The Morgan fingerprint density at radius 3 is 2.34 bits per heavy atom. The SMILES string of the molecule is CC1(C)CC(CCN2CCN(c3ccc(NS(C)(=O)=O)cc3)CC2)c2ccccc2O1.Cl. The Balaban J connectivity index is 0.00000289. The van der Waals surface area contributed by atoms with Crippen LogP contribution in [0.25, 0.3) is 0 Å². The summed E-state index contributed by atoms with van der Waals surface area (Å²) in [5, 5.41) is 0. The van der Waals surface area contributed by atoms with E-state index >= 15 is 0 Å². The van der Waals surface area contributed by atoms with E-state index in [1.165, 1.54) is 11.8 Å². The fourth-order valence-electron chi connectivity index (χ4n) is 4.73. The summed E-state index contributed by atoms with van der Waals surface area (Å²) in [5.41, 5.74) is 2.97. The number of piperazine rings is 1. The molecule has 1 atom stereocenters. The second-order valence-corrected chi connectivity index (χ2v) is 11.1. The van der Waals surface area contributed by atoms with Crippen LogP contribution in [0, 0.1) is 0 Å². The molecule has 8 heteroatoms. The summed E-state index contributed by atoms with van der Waals surface area (Å²) in [6.45, 7) is 9.51. The highest BCUT2D eigenvalue weighted by atomic mass is 35.5. The van der Waals surface area contributed by atoms with Crippen LogP contribution in [-0.2, 0) is 10.0 Å². The molecule has 0 bridgehead atoms. The molecule has 6 nitrogen and oxygen atoms in total. The van der Waals surface area contributed by atoms with Crippen molar-refractivity contribution in [3.8, 4) is 5.75 Å². The van der Waals surface area contributed by atoms with Crippen molar-refractivity contribution >= 4 is 33.8 Å². The average Bonchev–Trinajstić information content (AvgIpc) is 2.71. The van der Waals surface area contributed by atoms with Crippen molar-refractivity contribution in [2.45, 2.75) is 38.2 Å². The number of para-hydroxylation sites is 1. The van der Waals surface area contributed by atoms with Gasteiger partial charge in [0.1, 0.15) is 11.4 Å². The van der Waals surface area contributed by atoms with Crippen molar-refractivity contribution in [3.63, 3.8) is 0 Å². The molecule has 2 aliphatic heterocycles. The Bertz CT molecular complexity index is 1000. The van der Waals surface area contributed by atoms with Crippen LogP contribution in [-0.4, -0.2) is 57.9 Å². The summed E-state index contributed by atoms with van der Waals surface area (Å²) in [6.07, 6.45) is 3.37. The summed E-state index contributed by atoms with van der Waals surface area (Å²) in [7, 11) is -3.24. The highest BCUT2D eigenvalue weighted by Crippen LogP contribution is 2.42. The number of fused-ring (bicyclic) bond motifs is 1. The van der Waals surface area contributed by atoms with Gasteiger partial charge in [0.2, 0.25) is 10.0 Å². The molecule has 4 rings (SSSR count). The molecular formula is C24H34ClN3O3S. The van der Waals surface area contributed by atoms with E-state index in [1.807, 2.05) is 24.3 Å². The summed E-state index contributed by atoms with van der Waals surface area (Å²) in [4.78, 5) is 4.93. The standard InChI is InChI=1S/C24H33N3O3S.ClH/c1-24(2)18-19(22-6-4-5-7-23(22)30-24)12-13-26-14-16-27(17-15-26)21-10-8-20(9-11-21)25-31(3,28)29;/h4-11,19,25H,12-18H2,1-3H3;1H. The third-order valence-corrected chi connectivity index (χ3v) is 6.79. The Morgan fingerprint density at radius 2 is 1.69 bits per heavy atom. The Hall–Kier alpha value is -1.96. The first kappa shape index (κ1) is 24.7. The van der Waals surface area contributed by atoms with Gasteiger partial charge in [0.25, 0.3) is 0 Å². The molecule has 0 spiro atoms. The van der Waals surface area contributed by atoms with E-state index < -0.39 is 10.0 Å². The third kappa shape index (κ3) is 6.30. The first-order valence-electron chi connectivity index (χ1n) is 11.0. The van der Waals surface area contributed by atoms with Gasteiger partial charge in [0, 0.05) is 37.6 Å². The number of halogens is 1. The van der Waals surface area contributed by atoms with Gasteiger partial charge in [-0.25, -0.2) is 8.42 Å². The van der Waals surface area contributed by atoms with Crippen molar-refractivity contribution in [1.82, 2.24) is 4.90 Å². The lowest BCUT2D eigenvalue weighted by molar-refractivity contribution is 0.0681. The van der Waals surface area contributed by atoms with Crippen LogP contribution in [0.3, 0.4) is 0 Å². The number of hydrogen-bond donors (Lipinski definition) is 1. The predicted molar refractivity (Wildman–Crippen MR) is 134 cm³/mol. The first-order chi connectivity index (χ1) is 14.7. The molecule has 2 aliphatic rings. The van der Waals surface area contributed by atoms with E-state index in [4.69, 9.17) is 4.74 Å². The average molecular weight is 480 g/mol. The summed E-state index contributed by atoms with van der Waals surface area (Å²) >= 11 is 0. The van der Waals surface area contributed by atoms with Crippen molar-refractivity contribution in [3.05, 3.63) is 54.1 Å². The lowest BCUT2D eigenvalue weighted by Gasteiger charge is -2.40. The minimum atomic E-state index is -3.24. The molecule has 1 N–H and O–H groups in total. The van der Waals surface area contributed by atoms with Crippen LogP contribution in [0.5, 0.6) is 5.75 Å². The zero-order chi connectivity index (χ0) is 22.1. The maximum atomic E-state index is 11.4. The Morgan fingerprint density at radius 1 is 1.03 bits per heavy atom. The molecule has 2 aromatic rings. The van der Waals surface area contributed by atoms with Crippen LogP contribution in [0.15, 0.2) is 48.5 Å². The van der Waals surface area contributed by atoms with Crippen molar-refractivity contribution < 1.29 is 13.2 Å². The fraction of sp³-hybridized carbons (Fsp3) is 0.500. The molecule has 176 valence electrons. The number of benzene rings is 2. The Labute approximate surface area is 198 Å². The summed E-state index contributed by atoms with van der Waals surface area (Å²) in [6, 6.07) is 16.1. The molecule has 2 aromatic carbocycles. The van der Waals surface area contributed by atoms with E-state index in [2.05, 4.69) is 52.6 Å². The van der Waals surface area contributed by atoms with Gasteiger partial charge in [0.05, 0.1) is 6.26 Å². The quantitative estimate of drug-likeness (QED) is 0.667. The van der Waals surface area contributed by atoms with Crippen LogP contribution in [0.2, 0.25) is 0 Å². The highest BCUT2D eigenvalue weighted by molar-refractivity contribution is 7.92. The molecule has 1 saturated heterocycles. The van der Waals surface area contributed by atoms with Gasteiger partial charge < -0.3 is 9.64 Å². The molecule has 1 fully saturated rings. The van der Waals surface area contributed by atoms with Gasteiger partial charge in [-0.1, -0.05) is 18.2 Å². The van der Waals surface area contributed by atoms with Gasteiger partial charge >= 0.3 is 0 Å². The van der Waals surface area contributed by atoms with Crippen LogP contribution in [0.4, 0.5) is 11.4 Å². The van der Waals surface area contributed by atoms with Crippen molar-refractivity contribution in [2.75, 3.05) is 48.6 Å². The van der Waals surface area contributed by atoms with Gasteiger partial charge in [-0.15, -0.1) is 12.4 Å². The Kier molecular flexibility index (Phi) is 7.63. The summed E-state index contributed by atoms with van der Waals surface area (Å²) < 4.78 is 31.4. The molecule has 0 aromatic heterocycles. The lowest BCUT2D eigenvalue weighted by Crippen LogP contribution is -2.47. The maximum absolute atomic E-state index is 11.4. The van der Waals surface area contributed by atoms with Gasteiger partial charge in [-0.05, 0) is 75.0 Å². The molecule has 2 heterocycles. The highest BCUT2D eigenvalue weighted by Gasteiger charge is 2.33. The summed E-state index contributed by atoms with van der Waals surface area (Å²) in [5.74, 6) is 1.58. The predicted octanol–water partition coefficient (Wildman–Crippen LogP) is 4.34. The zero-order valence-corrected chi connectivity index (χ0v) is 20.7. The zero-order valence-electron chi connectivity index (χ0n) is 19.1. The molecule has 1 unspecified atom stereocenters. The smallest absolute Gasteiger partial charge is 0.229 e. The molecular weight excluding hydrogens is 446 g/mol. The van der Waals surface area contributed by atoms with E-state index in [1.54, 1.807) is 0 Å². The van der Waals surface area contributed by atoms with Crippen LogP contribution in [0.1, 0.15) is 38.2 Å². The van der Waals surface area contributed by atoms with Crippen molar-refractivity contribution in [2.24, 2.45) is 0 Å². The molecule has 0 aliphatic carbocycles. The molecule has 32 heavy (non-hydrogen) atoms. The lowest BCUT2D eigenvalue weighted by atomic mass is 9.82. The van der Waals surface area contributed by atoms with E-state index in [9.17, 15) is 8.42 Å². The topological polar surface area (TPSA) is 61.9 Å². The molecule has 0 radical (unpaired) electrons. The monoisotopic (exact) mass is 479 g/mol. The van der Waals surface area contributed by atoms with E-state index in [0.29, 0.717) is 11.6 Å². The van der Waals surface area contributed by atoms with Gasteiger partial charge in [-0.3, -0.25) is 9.62 Å². The number of anilines is 2. The van der Waals surface area contributed by atoms with Crippen molar-refractivity contribution in [1.29, 1.82) is 0 Å². The minimum Gasteiger partial charge on any atom is -0.488 e. The fourth-order valence-corrected chi connectivity index (χ4v) is 5.30. The third-order valence-electron chi connectivity index (χ3n) is 6.18. The maximum Gasteiger partial charge on any atom is 0.229 e. The van der Waals surface area contributed by atoms with Gasteiger partial charge in [0.15, 0.2) is 0 Å². The molecule has 0 saturated carbocycles. The number of sulfonamides is 1. The number of rotatable bonds is 6. The van der Waals surface area contributed by atoms with Crippen LogP contribution >= 0.6 is 12.4 Å².